The largest absolute Gasteiger partial charge is 0.360 e. The molecule has 3 N–H and O–H groups in total. The highest BCUT2D eigenvalue weighted by Gasteiger charge is 2.09. The van der Waals surface area contributed by atoms with Crippen LogP contribution in [0.25, 0.3) is 0 Å². The Hall–Kier alpha value is -2.65. The van der Waals surface area contributed by atoms with Crippen molar-refractivity contribution in [3.05, 3.63) is 41.4 Å². The highest BCUT2D eigenvalue weighted by Crippen LogP contribution is 2.09. The fourth-order valence-corrected chi connectivity index (χ4v) is 1.40. The zero-order valence-corrected chi connectivity index (χ0v) is 10.3. The van der Waals surface area contributed by atoms with Crippen LogP contribution in [0, 0.1) is 18.8 Å². The number of nitrogens with one attached hydrogen (secondary N) is 1. The fraction of sp³-hybridized carbons (Fsp3) is 0.154. The maximum atomic E-state index is 11.9. The van der Waals surface area contributed by atoms with Gasteiger partial charge in [-0.1, -0.05) is 17.0 Å². The Morgan fingerprint density at radius 3 is 3.00 bits per heavy atom. The number of nitrogens with two attached hydrogens (primary N) is 1. The first kappa shape index (κ1) is 12.8. The quantitative estimate of drug-likeness (QED) is 0.780. The summed E-state index contributed by atoms with van der Waals surface area (Å²) in [6.45, 7) is 2.00. The highest BCUT2D eigenvalue weighted by atomic mass is 16.5. The highest BCUT2D eigenvalue weighted by molar-refractivity contribution is 6.03. The Morgan fingerprint density at radius 1 is 1.47 bits per heavy atom. The molecule has 96 valence electrons. The third-order valence-corrected chi connectivity index (χ3v) is 2.20. The standard InChI is InChI=1S/C13H12N4O2/c1-9-5-12(17-19-9)16-13(18)11-6-10(3-2-4-14)7-15-8-11/h5-8H,4,14H2,1H3,(H,16,17,18). The first-order valence-electron chi connectivity index (χ1n) is 5.57. The summed E-state index contributed by atoms with van der Waals surface area (Å²) in [7, 11) is 0. The average molecular weight is 256 g/mol. The lowest BCUT2D eigenvalue weighted by molar-refractivity contribution is 0.102. The lowest BCUT2D eigenvalue weighted by Crippen LogP contribution is -2.12. The van der Waals surface area contributed by atoms with Crippen LogP contribution in [-0.4, -0.2) is 22.6 Å². The molecule has 0 saturated carbocycles. The molecule has 0 bridgehead atoms. The second kappa shape index (κ2) is 5.80. The van der Waals surface area contributed by atoms with Crippen molar-refractivity contribution < 1.29 is 9.32 Å². The number of carbonyl (C=O) groups excluding carboxylic acids is 1. The molecule has 0 radical (unpaired) electrons. The molecular weight excluding hydrogens is 244 g/mol. The normalized spacial score (nSPS) is 9.58. The van der Waals surface area contributed by atoms with Crippen molar-refractivity contribution in [2.24, 2.45) is 5.73 Å². The molecule has 0 saturated heterocycles. The molecule has 0 aliphatic rings. The van der Waals surface area contributed by atoms with E-state index >= 15 is 0 Å². The average Bonchev–Trinajstić information content (AvgIpc) is 2.82. The molecule has 2 aromatic heterocycles. The van der Waals surface area contributed by atoms with E-state index < -0.39 is 0 Å². The number of anilines is 1. The van der Waals surface area contributed by atoms with Crippen LogP contribution < -0.4 is 11.1 Å². The second-order valence-corrected chi connectivity index (χ2v) is 3.75. The molecule has 0 aromatic carbocycles. The van der Waals surface area contributed by atoms with E-state index in [9.17, 15) is 4.79 Å². The number of amides is 1. The molecule has 2 aromatic rings. The SMILES string of the molecule is Cc1cc(NC(=O)c2cncc(C#CCN)c2)no1. The Balaban J connectivity index is 2.15. The lowest BCUT2D eigenvalue weighted by Gasteiger charge is -2.01. The van der Waals surface area contributed by atoms with Crippen LogP contribution >= 0.6 is 0 Å². The molecule has 0 atom stereocenters. The molecular formula is C13H12N4O2. The van der Waals surface area contributed by atoms with E-state index in [2.05, 4.69) is 27.3 Å². The van der Waals surface area contributed by atoms with Gasteiger partial charge in [0.15, 0.2) is 5.82 Å². The van der Waals surface area contributed by atoms with Crippen LogP contribution in [0.3, 0.4) is 0 Å². The molecule has 2 rings (SSSR count). The molecule has 0 fully saturated rings. The maximum absolute atomic E-state index is 11.9. The summed E-state index contributed by atoms with van der Waals surface area (Å²) >= 11 is 0. The van der Waals surface area contributed by atoms with Crippen molar-refractivity contribution in [3.8, 4) is 11.8 Å². The molecule has 0 spiro atoms. The van der Waals surface area contributed by atoms with Gasteiger partial charge in [-0.2, -0.15) is 0 Å². The monoisotopic (exact) mass is 256 g/mol. The zero-order chi connectivity index (χ0) is 13.7. The molecule has 0 aliphatic carbocycles. The summed E-state index contributed by atoms with van der Waals surface area (Å²) in [5.41, 5.74) is 6.31. The van der Waals surface area contributed by atoms with Gasteiger partial charge in [0.05, 0.1) is 12.1 Å². The summed E-state index contributed by atoms with van der Waals surface area (Å²) in [6.07, 6.45) is 3.02. The van der Waals surface area contributed by atoms with Crippen molar-refractivity contribution in [1.29, 1.82) is 0 Å². The Kier molecular flexibility index (Phi) is 3.90. The number of hydrogen-bond acceptors (Lipinski definition) is 5. The van der Waals surface area contributed by atoms with Crippen molar-refractivity contribution in [3.63, 3.8) is 0 Å². The van der Waals surface area contributed by atoms with Gasteiger partial charge < -0.3 is 15.6 Å². The Bertz CT molecular complexity index is 652. The first-order chi connectivity index (χ1) is 9.19. The van der Waals surface area contributed by atoms with Crippen molar-refractivity contribution >= 4 is 11.7 Å². The number of hydrogen-bond donors (Lipinski definition) is 2. The lowest BCUT2D eigenvalue weighted by atomic mass is 10.2. The Labute approximate surface area is 110 Å². The number of rotatable bonds is 2. The van der Waals surface area contributed by atoms with Crippen LogP contribution in [0.5, 0.6) is 0 Å². The summed E-state index contributed by atoms with van der Waals surface area (Å²) in [5, 5.41) is 6.29. The van der Waals surface area contributed by atoms with Gasteiger partial charge in [0, 0.05) is 24.0 Å². The van der Waals surface area contributed by atoms with Crippen molar-refractivity contribution in [2.45, 2.75) is 6.92 Å². The van der Waals surface area contributed by atoms with Crippen LogP contribution in [-0.2, 0) is 0 Å². The molecule has 2 heterocycles. The summed E-state index contributed by atoms with van der Waals surface area (Å²) in [5.74, 6) is 6.18. The first-order valence-corrected chi connectivity index (χ1v) is 5.57. The third-order valence-electron chi connectivity index (χ3n) is 2.20. The number of nitrogens with zero attached hydrogens (tertiary/aromatic N) is 2. The smallest absolute Gasteiger partial charge is 0.258 e. The third kappa shape index (κ3) is 3.40. The van der Waals surface area contributed by atoms with Crippen molar-refractivity contribution in [1.82, 2.24) is 10.1 Å². The molecule has 6 heteroatoms. The number of aryl methyl sites for hydroxylation is 1. The van der Waals surface area contributed by atoms with Crippen LogP contribution in [0.15, 0.2) is 29.0 Å². The maximum Gasteiger partial charge on any atom is 0.258 e. The van der Waals surface area contributed by atoms with Gasteiger partial charge in [-0.25, -0.2) is 0 Å². The zero-order valence-electron chi connectivity index (χ0n) is 10.3. The molecule has 1 amide bonds. The predicted molar refractivity (Wildman–Crippen MR) is 69.4 cm³/mol. The van der Waals surface area contributed by atoms with E-state index in [-0.39, 0.29) is 12.5 Å². The fourth-order valence-electron chi connectivity index (χ4n) is 1.40. The molecule has 6 nitrogen and oxygen atoms in total. The van der Waals surface area contributed by atoms with E-state index in [0.29, 0.717) is 22.7 Å². The van der Waals surface area contributed by atoms with E-state index in [0.717, 1.165) is 0 Å². The minimum absolute atomic E-state index is 0.259. The van der Waals surface area contributed by atoms with Crippen molar-refractivity contribution in [2.75, 3.05) is 11.9 Å². The van der Waals surface area contributed by atoms with Gasteiger partial charge in [-0.15, -0.1) is 0 Å². The van der Waals surface area contributed by atoms with Gasteiger partial charge in [0.1, 0.15) is 5.76 Å². The van der Waals surface area contributed by atoms with Crippen LogP contribution in [0.2, 0.25) is 0 Å². The van der Waals surface area contributed by atoms with Crippen LogP contribution in [0.4, 0.5) is 5.82 Å². The predicted octanol–water partition coefficient (Wildman–Crippen LogP) is 0.941. The molecule has 0 unspecified atom stereocenters. The van der Waals surface area contributed by atoms with E-state index in [1.165, 1.54) is 6.20 Å². The minimum Gasteiger partial charge on any atom is -0.360 e. The van der Waals surface area contributed by atoms with Gasteiger partial charge in [-0.05, 0) is 13.0 Å². The minimum atomic E-state index is -0.322. The molecule has 0 aliphatic heterocycles. The van der Waals surface area contributed by atoms with Crippen LogP contribution in [0.1, 0.15) is 21.7 Å². The number of carbonyl (C=O) groups is 1. The van der Waals surface area contributed by atoms with Gasteiger partial charge >= 0.3 is 0 Å². The molecule has 19 heavy (non-hydrogen) atoms. The van der Waals surface area contributed by atoms with E-state index in [1.807, 2.05) is 0 Å². The van der Waals surface area contributed by atoms with Gasteiger partial charge in [0.2, 0.25) is 0 Å². The van der Waals surface area contributed by atoms with Gasteiger partial charge in [-0.3, -0.25) is 9.78 Å². The van der Waals surface area contributed by atoms with E-state index in [1.54, 1.807) is 25.3 Å². The summed E-state index contributed by atoms with van der Waals surface area (Å²) < 4.78 is 4.86. The Morgan fingerprint density at radius 2 is 2.32 bits per heavy atom. The summed E-state index contributed by atoms with van der Waals surface area (Å²) in [4.78, 5) is 15.9. The second-order valence-electron chi connectivity index (χ2n) is 3.75. The van der Waals surface area contributed by atoms with Gasteiger partial charge in [0.25, 0.3) is 5.91 Å². The summed E-state index contributed by atoms with van der Waals surface area (Å²) in [6, 6.07) is 3.27. The number of aromatic nitrogens is 2. The topological polar surface area (TPSA) is 94.0 Å². The van der Waals surface area contributed by atoms with E-state index in [4.69, 9.17) is 10.3 Å². The number of pyridine rings is 1.